The van der Waals surface area contributed by atoms with Crippen LogP contribution in [0.15, 0.2) is 23.7 Å². The van der Waals surface area contributed by atoms with Crippen molar-refractivity contribution < 1.29 is 18.7 Å². The first-order chi connectivity index (χ1) is 7.41. The molecule has 86 valence electrons. The minimum Gasteiger partial charge on any atom is -0.478 e. The first kappa shape index (κ1) is 12.4. The van der Waals surface area contributed by atoms with E-state index in [1.165, 1.54) is 0 Å². The van der Waals surface area contributed by atoms with Gasteiger partial charge in [-0.1, -0.05) is 18.2 Å². The Hall–Kier alpha value is -1.62. The molecule has 0 atom stereocenters. The topological polar surface area (TPSA) is 49.3 Å². The number of aromatic carboxylic acids is 1. The molecule has 0 unspecified atom stereocenters. The quantitative estimate of drug-likeness (QED) is 0.860. The zero-order valence-corrected chi connectivity index (χ0v) is 8.81. The Morgan fingerprint density at radius 1 is 1.44 bits per heavy atom. The Morgan fingerprint density at radius 3 is 2.31 bits per heavy atom. The van der Waals surface area contributed by atoms with Gasteiger partial charge in [0, 0.05) is 5.03 Å². The zero-order chi connectivity index (χ0) is 12.3. The van der Waals surface area contributed by atoms with Gasteiger partial charge in [-0.2, -0.15) is 0 Å². The van der Waals surface area contributed by atoms with E-state index in [9.17, 15) is 13.6 Å². The Morgan fingerprint density at radius 2 is 1.94 bits per heavy atom. The number of halogens is 3. The van der Waals surface area contributed by atoms with Crippen LogP contribution in [0.2, 0.25) is 0 Å². The van der Waals surface area contributed by atoms with Crippen molar-refractivity contribution in [3.63, 3.8) is 0 Å². The van der Waals surface area contributed by atoms with Crippen LogP contribution in [0.25, 0.3) is 0 Å². The molecule has 0 aromatic heterocycles. The van der Waals surface area contributed by atoms with Crippen molar-refractivity contribution in [2.24, 2.45) is 0 Å². The second-order valence-electron chi connectivity index (χ2n) is 2.99. The summed E-state index contributed by atoms with van der Waals surface area (Å²) in [4.78, 5) is 10.5. The third-order valence-electron chi connectivity index (χ3n) is 1.75. The summed E-state index contributed by atoms with van der Waals surface area (Å²) in [6.07, 6.45) is 0. The van der Waals surface area contributed by atoms with E-state index >= 15 is 0 Å². The van der Waals surface area contributed by atoms with Crippen molar-refractivity contribution in [2.75, 3.05) is 11.9 Å². The predicted molar refractivity (Wildman–Crippen MR) is 56.8 cm³/mol. The minimum absolute atomic E-state index is 0.0121. The SMILES string of the molecule is C=C(Cl)CNc1c(F)cc(C(=O)O)cc1F. The van der Waals surface area contributed by atoms with Crippen LogP contribution in [0.1, 0.15) is 10.4 Å². The number of carbonyl (C=O) groups is 1. The van der Waals surface area contributed by atoms with Crippen LogP contribution in [0.3, 0.4) is 0 Å². The molecule has 0 aliphatic carbocycles. The molecule has 0 saturated carbocycles. The molecular formula is C10H8ClF2NO2. The van der Waals surface area contributed by atoms with E-state index in [-0.39, 0.29) is 11.6 Å². The fourth-order valence-electron chi connectivity index (χ4n) is 1.05. The van der Waals surface area contributed by atoms with Gasteiger partial charge in [0.15, 0.2) is 0 Å². The molecule has 0 saturated heterocycles. The average Bonchev–Trinajstić information content (AvgIpc) is 2.15. The molecule has 3 nitrogen and oxygen atoms in total. The summed E-state index contributed by atoms with van der Waals surface area (Å²) in [6.45, 7) is 3.33. The van der Waals surface area contributed by atoms with Gasteiger partial charge in [-0.25, -0.2) is 13.6 Å². The molecule has 0 aliphatic rings. The molecule has 0 bridgehead atoms. The van der Waals surface area contributed by atoms with E-state index in [0.717, 1.165) is 12.1 Å². The second kappa shape index (κ2) is 4.94. The number of rotatable bonds is 4. The van der Waals surface area contributed by atoms with Gasteiger partial charge >= 0.3 is 5.97 Å². The van der Waals surface area contributed by atoms with Gasteiger partial charge < -0.3 is 10.4 Å². The summed E-state index contributed by atoms with van der Waals surface area (Å²) in [5, 5.41) is 11.1. The lowest BCUT2D eigenvalue weighted by molar-refractivity contribution is 0.0696. The second-order valence-corrected chi connectivity index (χ2v) is 3.53. The van der Waals surface area contributed by atoms with E-state index in [1.807, 2.05) is 0 Å². The van der Waals surface area contributed by atoms with Gasteiger partial charge in [-0.15, -0.1) is 0 Å². The van der Waals surface area contributed by atoms with Gasteiger partial charge in [-0.05, 0) is 12.1 Å². The third kappa shape index (κ3) is 2.93. The van der Waals surface area contributed by atoms with E-state index in [2.05, 4.69) is 11.9 Å². The average molecular weight is 248 g/mol. The highest BCUT2D eigenvalue weighted by Crippen LogP contribution is 2.21. The smallest absolute Gasteiger partial charge is 0.335 e. The zero-order valence-electron chi connectivity index (χ0n) is 8.06. The van der Waals surface area contributed by atoms with Crippen molar-refractivity contribution in [1.82, 2.24) is 0 Å². The molecule has 6 heteroatoms. The summed E-state index contributed by atoms with van der Waals surface area (Å²) in [7, 11) is 0. The maximum atomic E-state index is 13.3. The lowest BCUT2D eigenvalue weighted by atomic mass is 10.2. The summed E-state index contributed by atoms with van der Waals surface area (Å²) in [6, 6.07) is 1.45. The summed E-state index contributed by atoms with van der Waals surface area (Å²) >= 11 is 5.42. The normalized spacial score (nSPS) is 9.94. The molecule has 0 heterocycles. The predicted octanol–water partition coefficient (Wildman–Crippen LogP) is 2.83. The summed E-state index contributed by atoms with van der Waals surface area (Å²) in [5.74, 6) is -3.38. The van der Waals surface area contributed by atoms with Crippen LogP contribution in [0.4, 0.5) is 14.5 Å². The van der Waals surface area contributed by atoms with Crippen molar-refractivity contribution in [1.29, 1.82) is 0 Å². The van der Waals surface area contributed by atoms with Crippen LogP contribution in [-0.2, 0) is 0 Å². The molecule has 2 N–H and O–H groups in total. The first-order valence-corrected chi connectivity index (χ1v) is 4.59. The lowest BCUT2D eigenvalue weighted by Crippen LogP contribution is -2.07. The molecule has 16 heavy (non-hydrogen) atoms. The van der Waals surface area contributed by atoms with Crippen LogP contribution < -0.4 is 5.32 Å². The Balaban J connectivity index is 3.03. The van der Waals surface area contributed by atoms with Crippen molar-refractivity contribution in [3.8, 4) is 0 Å². The Bertz CT molecular complexity index is 425. The fourth-order valence-corrected chi connectivity index (χ4v) is 1.12. The maximum absolute atomic E-state index is 13.3. The largest absolute Gasteiger partial charge is 0.478 e. The van der Waals surface area contributed by atoms with E-state index in [4.69, 9.17) is 16.7 Å². The first-order valence-electron chi connectivity index (χ1n) is 4.21. The molecule has 0 amide bonds. The molecule has 1 rings (SSSR count). The van der Waals surface area contributed by atoms with Crippen LogP contribution in [0.5, 0.6) is 0 Å². The van der Waals surface area contributed by atoms with E-state index < -0.39 is 28.9 Å². The van der Waals surface area contributed by atoms with Gasteiger partial charge in [0.1, 0.15) is 17.3 Å². The Labute approximate surface area is 95.3 Å². The van der Waals surface area contributed by atoms with Gasteiger partial charge in [0.2, 0.25) is 0 Å². The van der Waals surface area contributed by atoms with Crippen molar-refractivity contribution in [3.05, 3.63) is 40.9 Å². The number of benzene rings is 1. The maximum Gasteiger partial charge on any atom is 0.335 e. The van der Waals surface area contributed by atoms with E-state index in [1.54, 1.807) is 0 Å². The van der Waals surface area contributed by atoms with Gasteiger partial charge in [0.05, 0.1) is 12.1 Å². The number of carboxylic acid groups (broad SMARTS) is 1. The molecule has 0 radical (unpaired) electrons. The standard InChI is InChI=1S/C10H8ClF2NO2/c1-5(11)4-14-9-7(12)2-6(10(15)16)3-8(9)13/h2-3,14H,1,4H2,(H,15,16). The number of nitrogens with one attached hydrogen (secondary N) is 1. The van der Waals surface area contributed by atoms with Crippen molar-refractivity contribution in [2.45, 2.75) is 0 Å². The highest BCUT2D eigenvalue weighted by Gasteiger charge is 2.14. The molecule has 1 aromatic rings. The molecule has 0 aliphatic heterocycles. The Kier molecular flexibility index (Phi) is 3.84. The number of anilines is 1. The highest BCUT2D eigenvalue weighted by atomic mass is 35.5. The molecule has 1 aromatic carbocycles. The fraction of sp³-hybridized carbons (Fsp3) is 0.100. The number of carboxylic acids is 1. The van der Waals surface area contributed by atoms with Crippen LogP contribution in [-0.4, -0.2) is 17.6 Å². The number of hydrogen-bond acceptors (Lipinski definition) is 2. The minimum atomic E-state index is -1.40. The van der Waals surface area contributed by atoms with Crippen molar-refractivity contribution >= 4 is 23.3 Å². The number of hydrogen-bond donors (Lipinski definition) is 2. The lowest BCUT2D eigenvalue weighted by Gasteiger charge is -2.08. The molecule has 0 spiro atoms. The molecular weight excluding hydrogens is 240 g/mol. The van der Waals surface area contributed by atoms with Crippen LogP contribution in [0, 0.1) is 11.6 Å². The summed E-state index contributed by atoms with van der Waals surface area (Å²) < 4.78 is 26.6. The third-order valence-corrected chi connectivity index (χ3v) is 1.88. The highest BCUT2D eigenvalue weighted by molar-refractivity contribution is 6.29. The van der Waals surface area contributed by atoms with Gasteiger partial charge in [0.25, 0.3) is 0 Å². The molecule has 0 fully saturated rings. The monoisotopic (exact) mass is 247 g/mol. The van der Waals surface area contributed by atoms with Gasteiger partial charge in [-0.3, -0.25) is 0 Å². The summed E-state index contributed by atoms with van der Waals surface area (Å²) in [5.41, 5.74) is -0.878. The van der Waals surface area contributed by atoms with E-state index in [0.29, 0.717) is 0 Å². The van der Waals surface area contributed by atoms with Crippen LogP contribution >= 0.6 is 11.6 Å².